The predicted molar refractivity (Wildman–Crippen MR) is 59.9 cm³/mol. The van der Waals surface area contributed by atoms with Crippen molar-refractivity contribution < 1.29 is 5.11 Å². The molecule has 0 aliphatic carbocycles. The second-order valence-corrected chi connectivity index (χ2v) is 3.91. The minimum absolute atomic E-state index is 0.154. The standard InChI is InChI=1S/C11H17N3O/c1-9(15)11-8-13-6-7-14(11)10-2-4-12-5-3-10/h2-5,9,11,13,15H,6-8H2,1H3. The fourth-order valence-electron chi connectivity index (χ4n) is 2.01. The minimum atomic E-state index is -0.328. The topological polar surface area (TPSA) is 48.4 Å². The number of aromatic nitrogens is 1. The lowest BCUT2D eigenvalue weighted by Gasteiger charge is -2.39. The molecule has 1 aromatic heterocycles. The Morgan fingerprint density at radius 3 is 2.93 bits per heavy atom. The summed E-state index contributed by atoms with van der Waals surface area (Å²) in [5, 5.41) is 13.0. The molecule has 0 spiro atoms. The maximum Gasteiger partial charge on any atom is 0.0727 e. The lowest BCUT2D eigenvalue weighted by atomic mass is 10.1. The number of rotatable bonds is 2. The van der Waals surface area contributed by atoms with Gasteiger partial charge in [0, 0.05) is 37.7 Å². The molecular weight excluding hydrogens is 190 g/mol. The molecule has 1 aliphatic rings. The fraction of sp³-hybridized carbons (Fsp3) is 0.545. The van der Waals surface area contributed by atoms with Gasteiger partial charge in [-0.1, -0.05) is 0 Å². The molecular formula is C11H17N3O. The second kappa shape index (κ2) is 4.59. The van der Waals surface area contributed by atoms with E-state index in [-0.39, 0.29) is 12.1 Å². The first-order valence-electron chi connectivity index (χ1n) is 5.34. The largest absolute Gasteiger partial charge is 0.391 e. The third kappa shape index (κ3) is 2.27. The average Bonchev–Trinajstić information content (AvgIpc) is 2.30. The number of hydrogen-bond acceptors (Lipinski definition) is 4. The highest BCUT2D eigenvalue weighted by Crippen LogP contribution is 2.18. The van der Waals surface area contributed by atoms with Crippen LogP contribution in [0.4, 0.5) is 5.69 Å². The van der Waals surface area contributed by atoms with Gasteiger partial charge < -0.3 is 15.3 Å². The molecule has 2 atom stereocenters. The first-order valence-corrected chi connectivity index (χ1v) is 5.34. The molecule has 4 heteroatoms. The van der Waals surface area contributed by atoms with Gasteiger partial charge >= 0.3 is 0 Å². The zero-order valence-electron chi connectivity index (χ0n) is 8.93. The van der Waals surface area contributed by atoms with E-state index in [0.717, 1.165) is 25.3 Å². The van der Waals surface area contributed by atoms with Crippen LogP contribution in [0.5, 0.6) is 0 Å². The number of hydrogen-bond donors (Lipinski definition) is 2. The van der Waals surface area contributed by atoms with Crippen LogP contribution >= 0.6 is 0 Å². The van der Waals surface area contributed by atoms with Gasteiger partial charge in [-0.15, -0.1) is 0 Å². The molecule has 2 rings (SSSR count). The van der Waals surface area contributed by atoms with Crippen molar-refractivity contribution in [1.82, 2.24) is 10.3 Å². The van der Waals surface area contributed by atoms with E-state index in [9.17, 15) is 5.11 Å². The van der Waals surface area contributed by atoms with Crippen molar-refractivity contribution in [2.24, 2.45) is 0 Å². The van der Waals surface area contributed by atoms with Crippen molar-refractivity contribution >= 4 is 5.69 Å². The molecule has 4 nitrogen and oxygen atoms in total. The highest BCUT2D eigenvalue weighted by atomic mass is 16.3. The number of nitrogens with one attached hydrogen (secondary N) is 1. The van der Waals surface area contributed by atoms with Crippen LogP contribution < -0.4 is 10.2 Å². The molecule has 1 aliphatic heterocycles. The van der Waals surface area contributed by atoms with Gasteiger partial charge in [0.1, 0.15) is 0 Å². The highest BCUT2D eigenvalue weighted by molar-refractivity contribution is 5.46. The molecule has 2 unspecified atom stereocenters. The van der Waals surface area contributed by atoms with Crippen LogP contribution in [-0.4, -0.2) is 41.9 Å². The maximum absolute atomic E-state index is 9.71. The van der Waals surface area contributed by atoms with E-state index in [1.54, 1.807) is 12.4 Å². The van der Waals surface area contributed by atoms with Crippen LogP contribution in [0.15, 0.2) is 24.5 Å². The Balaban J connectivity index is 2.18. The summed E-state index contributed by atoms with van der Waals surface area (Å²) in [5.41, 5.74) is 1.14. The van der Waals surface area contributed by atoms with Crippen molar-refractivity contribution in [2.75, 3.05) is 24.5 Å². The number of anilines is 1. The van der Waals surface area contributed by atoms with E-state index < -0.39 is 0 Å². The van der Waals surface area contributed by atoms with Crippen LogP contribution in [0.25, 0.3) is 0 Å². The first kappa shape index (κ1) is 10.4. The van der Waals surface area contributed by atoms with Gasteiger partial charge in [0.15, 0.2) is 0 Å². The fourth-order valence-corrected chi connectivity index (χ4v) is 2.01. The van der Waals surface area contributed by atoms with Crippen molar-refractivity contribution in [1.29, 1.82) is 0 Å². The molecule has 2 N–H and O–H groups in total. The van der Waals surface area contributed by atoms with Crippen molar-refractivity contribution in [3.05, 3.63) is 24.5 Å². The summed E-state index contributed by atoms with van der Waals surface area (Å²) < 4.78 is 0. The highest BCUT2D eigenvalue weighted by Gasteiger charge is 2.25. The van der Waals surface area contributed by atoms with Crippen LogP contribution in [0, 0.1) is 0 Å². The van der Waals surface area contributed by atoms with E-state index in [1.165, 1.54) is 0 Å². The average molecular weight is 207 g/mol. The van der Waals surface area contributed by atoms with Crippen molar-refractivity contribution in [3.8, 4) is 0 Å². The summed E-state index contributed by atoms with van der Waals surface area (Å²) in [6.45, 7) is 4.57. The smallest absolute Gasteiger partial charge is 0.0727 e. The van der Waals surface area contributed by atoms with Crippen molar-refractivity contribution in [3.63, 3.8) is 0 Å². The van der Waals surface area contributed by atoms with Gasteiger partial charge in [0.05, 0.1) is 12.1 Å². The Labute approximate surface area is 89.9 Å². The predicted octanol–water partition coefficient (Wildman–Crippen LogP) is 0.241. The Kier molecular flexibility index (Phi) is 3.18. The van der Waals surface area contributed by atoms with Gasteiger partial charge in [-0.2, -0.15) is 0 Å². The number of aliphatic hydroxyl groups is 1. The molecule has 1 aromatic rings. The Bertz CT molecular complexity index is 302. The zero-order valence-corrected chi connectivity index (χ0v) is 8.93. The monoisotopic (exact) mass is 207 g/mol. The normalized spacial score (nSPS) is 23.9. The first-order chi connectivity index (χ1) is 7.29. The SMILES string of the molecule is CC(O)C1CNCCN1c1ccncc1. The van der Waals surface area contributed by atoms with Crippen LogP contribution in [0.1, 0.15) is 6.92 Å². The van der Waals surface area contributed by atoms with E-state index in [2.05, 4.69) is 15.2 Å². The third-order valence-electron chi connectivity index (χ3n) is 2.83. The molecule has 15 heavy (non-hydrogen) atoms. The van der Waals surface area contributed by atoms with E-state index in [1.807, 2.05) is 19.1 Å². The zero-order chi connectivity index (χ0) is 10.7. The third-order valence-corrected chi connectivity index (χ3v) is 2.83. The van der Waals surface area contributed by atoms with Gasteiger partial charge in [-0.05, 0) is 19.1 Å². The molecule has 1 fully saturated rings. The summed E-state index contributed by atoms with van der Waals surface area (Å²) in [5.74, 6) is 0. The van der Waals surface area contributed by atoms with Gasteiger partial charge in [-0.3, -0.25) is 4.98 Å². The van der Waals surface area contributed by atoms with Crippen LogP contribution in [-0.2, 0) is 0 Å². The molecule has 0 aromatic carbocycles. The van der Waals surface area contributed by atoms with Gasteiger partial charge in [0.2, 0.25) is 0 Å². The Morgan fingerprint density at radius 1 is 1.53 bits per heavy atom. The van der Waals surface area contributed by atoms with E-state index >= 15 is 0 Å². The summed E-state index contributed by atoms with van der Waals surface area (Å²) in [6, 6.07) is 4.13. The minimum Gasteiger partial charge on any atom is -0.391 e. The lowest BCUT2D eigenvalue weighted by Crippen LogP contribution is -2.55. The second-order valence-electron chi connectivity index (χ2n) is 3.91. The lowest BCUT2D eigenvalue weighted by molar-refractivity contribution is 0.151. The Hall–Kier alpha value is -1.13. The molecule has 1 saturated heterocycles. The number of aliphatic hydroxyl groups excluding tert-OH is 1. The number of pyridine rings is 1. The van der Waals surface area contributed by atoms with Crippen LogP contribution in [0.2, 0.25) is 0 Å². The summed E-state index contributed by atoms with van der Waals surface area (Å²) in [6.07, 6.45) is 3.25. The molecule has 0 bridgehead atoms. The quantitative estimate of drug-likeness (QED) is 0.729. The van der Waals surface area contributed by atoms with E-state index in [0.29, 0.717) is 0 Å². The molecule has 0 amide bonds. The van der Waals surface area contributed by atoms with E-state index in [4.69, 9.17) is 0 Å². The summed E-state index contributed by atoms with van der Waals surface area (Å²) in [7, 11) is 0. The van der Waals surface area contributed by atoms with Crippen LogP contribution in [0.3, 0.4) is 0 Å². The Morgan fingerprint density at radius 2 is 2.27 bits per heavy atom. The van der Waals surface area contributed by atoms with Gasteiger partial charge in [-0.25, -0.2) is 0 Å². The molecule has 0 saturated carbocycles. The number of nitrogens with zero attached hydrogens (tertiary/aromatic N) is 2. The number of piperazine rings is 1. The molecule has 0 radical (unpaired) electrons. The summed E-state index contributed by atoms with van der Waals surface area (Å²) in [4.78, 5) is 6.24. The summed E-state index contributed by atoms with van der Waals surface area (Å²) >= 11 is 0. The maximum atomic E-state index is 9.71. The van der Waals surface area contributed by atoms with Crippen molar-refractivity contribution in [2.45, 2.75) is 19.1 Å². The molecule has 82 valence electrons. The molecule has 2 heterocycles. The van der Waals surface area contributed by atoms with Gasteiger partial charge in [0.25, 0.3) is 0 Å².